The van der Waals surface area contributed by atoms with Crippen LogP contribution >= 0.6 is 11.6 Å². The third-order valence-corrected chi connectivity index (χ3v) is 5.04. The average molecular weight is 373 g/mol. The lowest BCUT2D eigenvalue weighted by Gasteiger charge is -2.17. The quantitative estimate of drug-likeness (QED) is 0.758. The molecule has 6 heteroatoms. The minimum Gasteiger partial charge on any atom is -0.351 e. The van der Waals surface area contributed by atoms with Gasteiger partial charge >= 0.3 is 0 Å². The fraction of sp³-hybridized carbons (Fsp3) is 0.450. The highest BCUT2D eigenvalue weighted by molar-refractivity contribution is 6.31. The van der Waals surface area contributed by atoms with Crippen LogP contribution in [0.25, 0.3) is 0 Å². The molecule has 1 aliphatic carbocycles. The Morgan fingerprint density at radius 2 is 1.88 bits per heavy atom. The van der Waals surface area contributed by atoms with Crippen LogP contribution in [0, 0.1) is 6.92 Å². The normalized spacial score (nSPS) is 15.3. The van der Waals surface area contributed by atoms with Crippen LogP contribution in [0.4, 0.5) is 5.95 Å². The summed E-state index contributed by atoms with van der Waals surface area (Å²) in [5, 5.41) is 6.94. The van der Waals surface area contributed by atoms with Gasteiger partial charge in [0.15, 0.2) is 0 Å². The summed E-state index contributed by atoms with van der Waals surface area (Å²) in [6, 6.07) is 9.57. The molecule has 1 aliphatic rings. The van der Waals surface area contributed by atoms with E-state index in [-0.39, 0.29) is 5.91 Å². The van der Waals surface area contributed by atoms with Gasteiger partial charge in [0, 0.05) is 23.3 Å². The maximum absolute atomic E-state index is 12.5. The molecule has 138 valence electrons. The number of aromatic nitrogens is 2. The van der Waals surface area contributed by atoms with Gasteiger partial charge in [-0.05, 0) is 37.5 Å². The number of carbonyl (C=O) groups is 1. The lowest BCUT2D eigenvalue weighted by molar-refractivity contribution is 0.0945. The summed E-state index contributed by atoms with van der Waals surface area (Å²) in [6.07, 6.45) is 7.31. The Labute approximate surface area is 159 Å². The average Bonchev–Trinajstić information content (AvgIpc) is 2.89. The van der Waals surface area contributed by atoms with Crippen molar-refractivity contribution in [3.8, 4) is 0 Å². The number of halogens is 1. The molecule has 1 fully saturated rings. The smallest absolute Gasteiger partial charge is 0.270 e. The van der Waals surface area contributed by atoms with Gasteiger partial charge in [-0.3, -0.25) is 4.79 Å². The number of anilines is 1. The first-order valence-electron chi connectivity index (χ1n) is 9.25. The van der Waals surface area contributed by atoms with Crippen molar-refractivity contribution in [2.24, 2.45) is 0 Å². The van der Waals surface area contributed by atoms with Crippen LogP contribution in [0.15, 0.2) is 30.3 Å². The van der Waals surface area contributed by atoms with Gasteiger partial charge < -0.3 is 10.6 Å². The topological polar surface area (TPSA) is 66.9 Å². The molecule has 5 nitrogen and oxygen atoms in total. The van der Waals surface area contributed by atoms with E-state index >= 15 is 0 Å². The second-order valence-electron chi connectivity index (χ2n) is 6.83. The zero-order valence-corrected chi connectivity index (χ0v) is 15.9. The van der Waals surface area contributed by atoms with Crippen molar-refractivity contribution in [1.29, 1.82) is 0 Å². The van der Waals surface area contributed by atoms with E-state index in [9.17, 15) is 4.79 Å². The van der Waals surface area contributed by atoms with E-state index in [2.05, 4.69) is 20.6 Å². The molecule has 0 spiro atoms. The van der Waals surface area contributed by atoms with Crippen molar-refractivity contribution >= 4 is 23.5 Å². The molecule has 0 radical (unpaired) electrons. The van der Waals surface area contributed by atoms with Crippen molar-refractivity contribution in [3.63, 3.8) is 0 Å². The van der Waals surface area contributed by atoms with Crippen molar-refractivity contribution in [1.82, 2.24) is 15.3 Å². The molecule has 2 aromatic rings. The summed E-state index contributed by atoms with van der Waals surface area (Å²) < 4.78 is 0. The summed E-state index contributed by atoms with van der Waals surface area (Å²) in [7, 11) is 0. The number of rotatable bonds is 5. The van der Waals surface area contributed by atoms with Gasteiger partial charge in [0.25, 0.3) is 5.91 Å². The lowest BCUT2D eigenvalue weighted by Crippen LogP contribution is -2.26. The summed E-state index contributed by atoms with van der Waals surface area (Å²) >= 11 is 6.14. The first kappa shape index (κ1) is 18.6. The monoisotopic (exact) mass is 372 g/mol. The minimum absolute atomic E-state index is 0.223. The standard InChI is InChI=1S/C20H25ClN4O/c1-14-12-18(19(26)22-13-15-8-6-7-11-17(15)21)25-20(23-14)24-16-9-4-2-3-5-10-16/h6-8,11-12,16H,2-5,9-10,13H2,1H3,(H,22,26)(H,23,24,25). The second kappa shape index (κ2) is 8.99. The number of amides is 1. The van der Waals surface area contributed by atoms with Gasteiger partial charge in [0.2, 0.25) is 5.95 Å². The molecule has 1 amide bonds. The molecule has 0 bridgehead atoms. The van der Waals surface area contributed by atoms with Crippen LogP contribution in [0.3, 0.4) is 0 Å². The molecule has 1 saturated carbocycles. The van der Waals surface area contributed by atoms with Gasteiger partial charge in [-0.2, -0.15) is 0 Å². The predicted octanol–water partition coefficient (Wildman–Crippen LogP) is 4.50. The highest BCUT2D eigenvalue weighted by Crippen LogP contribution is 2.20. The molecule has 0 atom stereocenters. The Bertz CT molecular complexity index is 757. The van der Waals surface area contributed by atoms with Crippen LogP contribution in [0.2, 0.25) is 5.02 Å². The maximum Gasteiger partial charge on any atom is 0.270 e. The first-order chi connectivity index (χ1) is 12.6. The highest BCUT2D eigenvalue weighted by Gasteiger charge is 2.15. The summed E-state index contributed by atoms with van der Waals surface area (Å²) in [5.41, 5.74) is 2.03. The molecule has 26 heavy (non-hydrogen) atoms. The molecule has 1 aromatic heterocycles. The fourth-order valence-electron chi connectivity index (χ4n) is 3.26. The van der Waals surface area contributed by atoms with Crippen molar-refractivity contribution < 1.29 is 4.79 Å². The number of hydrogen-bond acceptors (Lipinski definition) is 4. The van der Waals surface area contributed by atoms with Gasteiger partial charge in [-0.1, -0.05) is 55.5 Å². The molecular weight excluding hydrogens is 348 g/mol. The van der Waals surface area contributed by atoms with E-state index in [0.717, 1.165) is 24.1 Å². The highest BCUT2D eigenvalue weighted by atomic mass is 35.5. The first-order valence-corrected chi connectivity index (χ1v) is 9.63. The zero-order chi connectivity index (χ0) is 18.4. The Hall–Kier alpha value is -2.14. The zero-order valence-electron chi connectivity index (χ0n) is 15.1. The SMILES string of the molecule is Cc1cc(C(=O)NCc2ccccc2Cl)nc(NC2CCCCCC2)n1. The van der Waals surface area contributed by atoms with Crippen LogP contribution in [0.1, 0.15) is 60.3 Å². The van der Waals surface area contributed by atoms with Gasteiger partial charge in [-0.25, -0.2) is 9.97 Å². The summed E-state index contributed by atoms with van der Waals surface area (Å²) in [6.45, 7) is 2.25. The van der Waals surface area contributed by atoms with E-state index in [1.54, 1.807) is 6.07 Å². The predicted molar refractivity (Wildman–Crippen MR) is 105 cm³/mol. The van der Waals surface area contributed by atoms with Crippen LogP contribution in [0.5, 0.6) is 0 Å². The molecule has 0 aliphatic heterocycles. The Morgan fingerprint density at radius 1 is 1.15 bits per heavy atom. The van der Waals surface area contributed by atoms with E-state index in [4.69, 9.17) is 11.6 Å². The number of aryl methyl sites for hydroxylation is 1. The number of nitrogens with zero attached hydrogens (tertiary/aromatic N) is 2. The molecular formula is C20H25ClN4O. The molecule has 1 heterocycles. The van der Waals surface area contributed by atoms with Crippen molar-refractivity contribution in [2.45, 2.75) is 58.0 Å². The maximum atomic E-state index is 12.5. The van der Waals surface area contributed by atoms with Gasteiger partial charge in [0.05, 0.1) is 0 Å². The van der Waals surface area contributed by atoms with Crippen LogP contribution in [-0.2, 0) is 6.54 Å². The third kappa shape index (κ3) is 5.18. The lowest BCUT2D eigenvalue weighted by atomic mass is 10.1. The third-order valence-electron chi connectivity index (χ3n) is 4.67. The fourth-order valence-corrected chi connectivity index (χ4v) is 3.47. The second-order valence-corrected chi connectivity index (χ2v) is 7.23. The molecule has 0 unspecified atom stereocenters. The molecule has 3 rings (SSSR count). The van der Waals surface area contributed by atoms with E-state index in [1.807, 2.05) is 31.2 Å². The van der Waals surface area contributed by atoms with E-state index in [0.29, 0.717) is 29.3 Å². The van der Waals surface area contributed by atoms with E-state index in [1.165, 1.54) is 25.7 Å². The van der Waals surface area contributed by atoms with E-state index < -0.39 is 0 Å². The number of carbonyl (C=O) groups excluding carboxylic acids is 1. The summed E-state index contributed by atoms with van der Waals surface area (Å²) in [4.78, 5) is 21.4. The largest absolute Gasteiger partial charge is 0.351 e. The Balaban J connectivity index is 1.66. The van der Waals surface area contributed by atoms with Gasteiger partial charge in [0.1, 0.15) is 5.69 Å². The molecule has 0 saturated heterocycles. The molecule has 2 N–H and O–H groups in total. The van der Waals surface area contributed by atoms with Crippen LogP contribution < -0.4 is 10.6 Å². The Morgan fingerprint density at radius 3 is 2.62 bits per heavy atom. The van der Waals surface area contributed by atoms with Crippen LogP contribution in [-0.4, -0.2) is 21.9 Å². The minimum atomic E-state index is -0.223. The number of nitrogens with one attached hydrogen (secondary N) is 2. The molecule has 1 aromatic carbocycles. The van der Waals surface area contributed by atoms with Gasteiger partial charge in [-0.15, -0.1) is 0 Å². The Kier molecular flexibility index (Phi) is 6.45. The summed E-state index contributed by atoms with van der Waals surface area (Å²) in [5.74, 6) is 0.319. The van der Waals surface area contributed by atoms with Crippen molar-refractivity contribution in [3.05, 3.63) is 52.3 Å². The number of hydrogen-bond donors (Lipinski definition) is 2. The number of benzene rings is 1. The van der Waals surface area contributed by atoms with Crippen molar-refractivity contribution in [2.75, 3.05) is 5.32 Å².